The molecule has 0 atom stereocenters. The third-order valence-corrected chi connectivity index (χ3v) is 1.80. The number of methoxy groups -OCH3 is 2. The molecule has 0 fully saturated rings. The molecule has 3 nitrogen and oxygen atoms in total. The van der Waals surface area contributed by atoms with Crippen LogP contribution in [-0.4, -0.2) is 19.2 Å². The van der Waals surface area contributed by atoms with Crippen molar-refractivity contribution in [3.05, 3.63) is 16.9 Å². The summed E-state index contributed by atoms with van der Waals surface area (Å²) in [7, 11) is 3.10. The van der Waals surface area contributed by atoms with Gasteiger partial charge in [-0.05, 0) is 6.92 Å². The number of nitrogens with zero attached hydrogens (tertiary/aromatic N) is 1. The van der Waals surface area contributed by atoms with E-state index in [-0.39, 0.29) is 0 Å². The highest BCUT2D eigenvalue weighted by atomic mass is 35.5. The Morgan fingerprint density at radius 3 is 2.25 bits per heavy atom. The van der Waals surface area contributed by atoms with Crippen molar-refractivity contribution in [1.82, 2.24) is 4.98 Å². The first-order valence-electron chi connectivity index (χ1n) is 3.43. The summed E-state index contributed by atoms with van der Waals surface area (Å²) in [6.45, 7) is 1.88. The largest absolute Gasteiger partial charge is 0.492 e. The summed E-state index contributed by atoms with van der Waals surface area (Å²) < 4.78 is 10.1. The number of halogens is 1. The average molecular weight is 188 g/mol. The molecule has 1 rings (SSSR count). The minimum atomic E-state index is 0.319. The zero-order valence-electron chi connectivity index (χ0n) is 7.22. The predicted octanol–water partition coefficient (Wildman–Crippen LogP) is 2.06. The molecule has 1 aromatic rings. The molecule has 0 spiro atoms. The van der Waals surface area contributed by atoms with E-state index in [1.807, 2.05) is 6.92 Å². The van der Waals surface area contributed by atoms with Gasteiger partial charge >= 0.3 is 0 Å². The van der Waals surface area contributed by atoms with Gasteiger partial charge in [-0.2, -0.15) is 0 Å². The first-order chi connectivity index (χ1) is 5.70. The zero-order valence-corrected chi connectivity index (χ0v) is 7.97. The zero-order chi connectivity index (χ0) is 9.14. The van der Waals surface area contributed by atoms with Crippen LogP contribution >= 0.6 is 11.6 Å². The van der Waals surface area contributed by atoms with Crippen molar-refractivity contribution in [2.75, 3.05) is 14.2 Å². The van der Waals surface area contributed by atoms with Crippen LogP contribution in [0.3, 0.4) is 0 Å². The van der Waals surface area contributed by atoms with Crippen LogP contribution in [-0.2, 0) is 0 Å². The third kappa shape index (κ3) is 1.46. The predicted molar refractivity (Wildman–Crippen MR) is 47.1 cm³/mol. The molecule has 0 aliphatic rings. The Kier molecular flexibility index (Phi) is 2.76. The lowest BCUT2D eigenvalue weighted by Gasteiger charge is -2.10. The summed E-state index contributed by atoms with van der Waals surface area (Å²) in [4.78, 5) is 3.92. The van der Waals surface area contributed by atoms with Crippen LogP contribution in [0.4, 0.5) is 0 Å². The maximum Gasteiger partial charge on any atom is 0.198 e. The Morgan fingerprint density at radius 1 is 1.25 bits per heavy atom. The van der Waals surface area contributed by atoms with Crippen LogP contribution in [0.2, 0.25) is 5.15 Å². The molecule has 0 saturated heterocycles. The fourth-order valence-electron chi connectivity index (χ4n) is 0.974. The average Bonchev–Trinajstić information content (AvgIpc) is 2.08. The summed E-state index contributed by atoms with van der Waals surface area (Å²) in [5.74, 6) is 1.12. The van der Waals surface area contributed by atoms with E-state index in [4.69, 9.17) is 21.1 Å². The highest BCUT2D eigenvalue weighted by molar-refractivity contribution is 6.31. The van der Waals surface area contributed by atoms with Crippen molar-refractivity contribution in [3.63, 3.8) is 0 Å². The number of ether oxygens (including phenoxy) is 2. The number of hydrogen-bond acceptors (Lipinski definition) is 3. The van der Waals surface area contributed by atoms with Crippen molar-refractivity contribution in [2.24, 2.45) is 0 Å². The van der Waals surface area contributed by atoms with Crippen LogP contribution in [0.15, 0.2) is 6.20 Å². The normalized spacial score (nSPS) is 9.67. The lowest BCUT2D eigenvalue weighted by molar-refractivity contribution is 0.351. The summed E-state index contributed by atoms with van der Waals surface area (Å²) in [6, 6.07) is 0. The highest BCUT2D eigenvalue weighted by Crippen LogP contribution is 2.35. The summed E-state index contributed by atoms with van der Waals surface area (Å²) >= 11 is 5.76. The van der Waals surface area contributed by atoms with Crippen molar-refractivity contribution in [1.29, 1.82) is 0 Å². The Balaban J connectivity index is 3.28. The van der Waals surface area contributed by atoms with Gasteiger partial charge in [-0.3, -0.25) is 0 Å². The smallest absolute Gasteiger partial charge is 0.198 e. The van der Waals surface area contributed by atoms with Gasteiger partial charge in [0.2, 0.25) is 0 Å². The molecule has 0 aromatic carbocycles. The van der Waals surface area contributed by atoms with Gasteiger partial charge in [0.25, 0.3) is 0 Å². The van der Waals surface area contributed by atoms with Crippen molar-refractivity contribution >= 4 is 11.6 Å². The Labute approximate surface area is 76.3 Å². The van der Waals surface area contributed by atoms with Crippen molar-refractivity contribution in [2.45, 2.75) is 6.92 Å². The van der Waals surface area contributed by atoms with Gasteiger partial charge in [-0.25, -0.2) is 4.98 Å². The summed E-state index contributed by atoms with van der Waals surface area (Å²) in [5.41, 5.74) is 0.902. The molecular formula is C8H10ClNO2. The fraction of sp³-hybridized carbons (Fsp3) is 0.375. The summed E-state index contributed by atoms with van der Waals surface area (Å²) in [6.07, 6.45) is 1.64. The van der Waals surface area contributed by atoms with E-state index in [1.165, 1.54) is 7.11 Å². The number of rotatable bonds is 2. The van der Waals surface area contributed by atoms with Crippen LogP contribution in [0.25, 0.3) is 0 Å². The van der Waals surface area contributed by atoms with Crippen molar-refractivity contribution < 1.29 is 9.47 Å². The Hall–Kier alpha value is -0.960. The number of hydrogen-bond donors (Lipinski definition) is 0. The molecule has 0 aliphatic heterocycles. The molecule has 1 heterocycles. The second kappa shape index (κ2) is 3.63. The Morgan fingerprint density at radius 2 is 1.83 bits per heavy atom. The van der Waals surface area contributed by atoms with Gasteiger partial charge < -0.3 is 9.47 Å². The van der Waals surface area contributed by atoms with Gasteiger partial charge in [0, 0.05) is 11.8 Å². The molecular weight excluding hydrogens is 178 g/mol. The van der Waals surface area contributed by atoms with E-state index in [0.29, 0.717) is 16.7 Å². The van der Waals surface area contributed by atoms with Crippen LogP contribution in [0, 0.1) is 6.92 Å². The van der Waals surface area contributed by atoms with Gasteiger partial charge in [0.15, 0.2) is 16.7 Å². The molecule has 0 radical (unpaired) electrons. The standard InChI is InChI=1S/C8H10ClNO2/c1-5-4-10-8(9)7(12-3)6(5)11-2/h4H,1-3H3. The lowest BCUT2D eigenvalue weighted by atomic mass is 10.3. The molecule has 0 bridgehead atoms. The first-order valence-corrected chi connectivity index (χ1v) is 3.81. The van der Waals surface area contributed by atoms with Gasteiger partial charge in [0.05, 0.1) is 14.2 Å². The molecule has 12 heavy (non-hydrogen) atoms. The highest BCUT2D eigenvalue weighted by Gasteiger charge is 2.11. The molecule has 0 saturated carbocycles. The minimum absolute atomic E-state index is 0.319. The molecule has 0 unspecified atom stereocenters. The Bertz CT molecular complexity index is 260. The van der Waals surface area contributed by atoms with Gasteiger partial charge in [-0.1, -0.05) is 11.6 Å². The first kappa shape index (κ1) is 9.13. The molecule has 1 aromatic heterocycles. The maximum absolute atomic E-state index is 5.76. The van der Waals surface area contributed by atoms with Crippen molar-refractivity contribution in [3.8, 4) is 11.5 Å². The number of aryl methyl sites for hydroxylation is 1. The monoisotopic (exact) mass is 187 g/mol. The van der Waals surface area contributed by atoms with E-state index in [9.17, 15) is 0 Å². The second-order valence-electron chi connectivity index (χ2n) is 2.30. The number of aromatic nitrogens is 1. The van der Waals surface area contributed by atoms with E-state index < -0.39 is 0 Å². The van der Waals surface area contributed by atoms with E-state index in [0.717, 1.165) is 5.56 Å². The molecule has 66 valence electrons. The van der Waals surface area contributed by atoms with Gasteiger partial charge in [0.1, 0.15) is 0 Å². The van der Waals surface area contributed by atoms with E-state index >= 15 is 0 Å². The maximum atomic E-state index is 5.76. The summed E-state index contributed by atoms with van der Waals surface area (Å²) in [5, 5.41) is 0.319. The molecule has 0 amide bonds. The third-order valence-electron chi connectivity index (χ3n) is 1.53. The van der Waals surface area contributed by atoms with E-state index in [2.05, 4.69) is 4.98 Å². The molecule has 0 N–H and O–H groups in total. The number of pyridine rings is 1. The van der Waals surface area contributed by atoms with Crippen LogP contribution < -0.4 is 9.47 Å². The SMILES string of the molecule is COc1c(C)cnc(Cl)c1OC. The molecule has 0 aliphatic carbocycles. The van der Waals surface area contributed by atoms with E-state index in [1.54, 1.807) is 13.3 Å². The van der Waals surface area contributed by atoms with Crippen LogP contribution in [0.5, 0.6) is 11.5 Å². The quantitative estimate of drug-likeness (QED) is 0.665. The lowest BCUT2D eigenvalue weighted by Crippen LogP contribution is -1.95. The van der Waals surface area contributed by atoms with Gasteiger partial charge in [-0.15, -0.1) is 0 Å². The topological polar surface area (TPSA) is 31.4 Å². The van der Waals surface area contributed by atoms with Crippen LogP contribution in [0.1, 0.15) is 5.56 Å². The fourth-order valence-corrected chi connectivity index (χ4v) is 1.19. The molecule has 4 heteroatoms. The minimum Gasteiger partial charge on any atom is -0.492 e. The second-order valence-corrected chi connectivity index (χ2v) is 2.66.